The highest BCUT2D eigenvalue weighted by Gasteiger charge is 2.03. The number of hydrogen-bond acceptors (Lipinski definition) is 3. The highest BCUT2D eigenvalue weighted by molar-refractivity contribution is 5.83. The molecule has 0 bridgehead atoms. The van der Waals surface area contributed by atoms with E-state index in [9.17, 15) is 9.90 Å². The van der Waals surface area contributed by atoms with Gasteiger partial charge < -0.3 is 10.8 Å². The molecule has 0 atom stereocenters. The SMILES string of the molecule is Nc1cccc(-c2ccc(O)c(C=O)c2)c1. The first-order valence-corrected chi connectivity index (χ1v) is 4.85. The predicted molar refractivity (Wildman–Crippen MR) is 63.3 cm³/mol. The lowest BCUT2D eigenvalue weighted by Crippen LogP contribution is -1.87. The molecule has 3 nitrogen and oxygen atoms in total. The third-order valence-electron chi connectivity index (χ3n) is 2.37. The molecule has 0 saturated heterocycles. The van der Waals surface area contributed by atoms with Gasteiger partial charge in [-0.25, -0.2) is 0 Å². The Labute approximate surface area is 93.1 Å². The summed E-state index contributed by atoms with van der Waals surface area (Å²) in [7, 11) is 0. The van der Waals surface area contributed by atoms with Gasteiger partial charge in [0.15, 0.2) is 6.29 Å². The Bertz CT molecular complexity index is 535. The maximum absolute atomic E-state index is 10.7. The van der Waals surface area contributed by atoms with Gasteiger partial charge in [0.2, 0.25) is 0 Å². The van der Waals surface area contributed by atoms with E-state index in [1.165, 1.54) is 6.07 Å². The third-order valence-corrected chi connectivity index (χ3v) is 2.37. The molecule has 0 spiro atoms. The fourth-order valence-corrected chi connectivity index (χ4v) is 1.55. The molecular formula is C13H11NO2. The fraction of sp³-hybridized carbons (Fsp3) is 0. The van der Waals surface area contributed by atoms with Crippen LogP contribution in [-0.4, -0.2) is 11.4 Å². The Hall–Kier alpha value is -2.29. The maximum atomic E-state index is 10.7. The smallest absolute Gasteiger partial charge is 0.153 e. The molecule has 2 rings (SSSR count). The zero-order chi connectivity index (χ0) is 11.5. The second kappa shape index (κ2) is 4.06. The molecule has 3 heteroatoms. The van der Waals surface area contributed by atoms with Crippen molar-refractivity contribution in [2.24, 2.45) is 0 Å². The van der Waals surface area contributed by atoms with Crippen molar-refractivity contribution in [3.8, 4) is 16.9 Å². The van der Waals surface area contributed by atoms with Crippen molar-refractivity contribution in [2.75, 3.05) is 5.73 Å². The number of hydrogen-bond donors (Lipinski definition) is 2. The lowest BCUT2D eigenvalue weighted by atomic mass is 10.0. The number of rotatable bonds is 2. The van der Waals surface area contributed by atoms with E-state index in [-0.39, 0.29) is 11.3 Å². The van der Waals surface area contributed by atoms with Gasteiger partial charge in [-0.2, -0.15) is 0 Å². The average molecular weight is 213 g/mol. The molecule has 0 aliphatic carbocycles. The lowest BCUT2D eigenvalue weighted by Gasteiger charge is -2.04. The first-order chi connectivity index (χ1) is 7.70. The molecule has 2 aromatic carbocycles. The maximum Gasteiger partial charge on any atom is 0.153 e. The molecule has 16 heavy (non-hydrogen) atoms. The standard InChI is InChI=1S/C13H11NO2/c14-12-3-1-2-9(7-12)10-4-5-13(16)11(6-10)8-15/h1-8,16H,14H2. The number of nitrogens with two attached hydrogens (primary N) is 1. The molecule has 2 aromatic rings. The summed E-state index contributed by atoms with van der Waals surface area (Å²) in [5.74, 6) is -0.0114. The Morgan fingerprint density at radius 1 is 1.06 bits per heavy atom. The summed E-state index contributed by atoms with van der Waals surface area (Å²) in [5.41, 5.74) is 8.39. The van der Waals surface area contributed by atoms with E-state index in [2.05, 4.69) is 0 Å². The molecule has 0 aliphatic rings. The van der Waals surface area contributed by atoms with Crippen LogP contribution in [0.1, 0.15) is 10.4 Å². The summed E-state index contributed by atoms with van der Waals surface area (Å²) in [6, 6.07) is 12.2. The topological polar surface area (TPSA) is 63.3 Å². The van der Waals surface area contributed by atoms with Gasteiger partial charge in [-0.1, -0.05) is 18.2 Å². The molecular weight excluding hydrogens is 202 g/mol. The Morgan fingerprint density at radius 3 is 2.50 bits per heavy atom. The minimum atomic E-state index is -0.0114. The van der Waals surface area contributed by atoms with Crippen molar-refractivity contribution in [3.63, 3.8) is 0 Å². The van der Waals surface area contributed by atoms with Gasteiger partial charge in [-0.05, 0) is 35.4 Å². The number of carbonyl (C=O) groups is 1. The second-order valence-corrected chi connectivity index (χ2v) is 3.52. The molecule has 0 radical (unpaired) electrons. The van der Waals surface area contributed by atoms with Crippen molar-refractivity contribution in [2.45, 2.75) is 0 Å². The monoisotopic (exact) mass is 213 g/mol. The Kier molecular flexibility index (Phi) is 2.60. The number of phenolic OH excluding ortho intramolecular Hbond substituents is 1. The summed E-state index contributed by atoms with van der Waals surface area (Å²) >= 11 is 0. The van der Waals surface area contributed by atoms with Crippen LogP contribution in [0.5, 0.6) is 5.75 Å². The zero-order valence-electron chi connectivity index (χ0n) is 8.55. The summed E-state index contributed by atoms with van der Waals surface area (Å²) in [4.78, 5) is 10.7. The number of phenols is 1. The first kappa shape index (κ1) is 10.2. The molecule has 0 aromatic heterocycles. The van der Waals surface area contributed by atoms with Gasteiger partial charge in [0.05, 0.1) is 5.56 Å². The molecule has 0 saturated carbocycles. The van der Waals surface area contributed by atoms with E-state index in [1.54, 1.807) is 18.2 Å². The van der Waals surface area contributed by atoms with Crippen molar-refractivity contribution < 1.29 is 9.90 Å². The van der Waals surface area contributed by atoms with Gasteiger partial charge in [0, 0.05) is 5.69 Å². The molecule has 0 aliphatic heterocycles. The minimum absolute atomic E-state index is 0.0114. The van der Waals surface area contributed by atoms with Crippen molar-refractivity contribution in [1.29, 1.82) is 0 Å². The molecule has 80 valence electrons. The summed E-state index contributed by atoms with van der Waals surface area (Å²) < 4.78 is 0. The summed E-state index contributed by atoms with van der Waals surface area (Å²) in [6.45, 7) is 0. The first-order valence-electron chi connectivity index (χ1n) is 4.85. The van der Waals surface area contributed by atoms with E-state index in [4.69, 9.17) is 5.73 Å². The fourth-order valence-electron chi connectivity index (χ4n) is 1.55. The Morgan fingerprint density at radius 2 is 1.81 bits per heavy atom. The van der Waals surface area contributed by atoms with Crippen molar-refractivity contribution >= 4 is 12.0 Å². The van der Waals surface area contributed by atoms with Crippen LogP contribution in [0.3, 0.4) is 0 Å². The number of nitrogen functional groups attached to an aromatic ring is 1. The van der Waals surface area contributed by atoms with Gasteiger partial charge in [-0.3, -0.25) is 4.79 Å². The van der Waals surface area contributed by atoms with E-state index >= 15 is 0 Å². The van der Waals surface area contributed by atoms with Gasteiger partial charge in [0.25, 0.3) is 0 Å². The number of anilines is 1. The normalized spacial score (nSPS) is 10.0. The quantitative estimate of drug-likeness (QED) is 0.595. The second-order valence-electron chi connectivity index (χ2n) is 3.52. The van der Waals surface area contributed by atoms with Crippen LogP contribution in [0.2, 0.25) is 0 Å². The summed E-state index contributed by atoms with van der Waals surface area (Å²) in [6.07, 6.45) is 0.630. The Balaban J connectivity index is 2.52. The van der Waals surface area contributed by atoms with Crippen LogP contribution in [0.25, 0.3) is 11.1 Å². The van der Waals surface area contributed by atoms with Gasteiger partial charge >= 0.3 is 0 Å². The molecule has 0 amide bonds. The number of aldehydes is 1. The van der Waals surface area contributed by atoms with E-state index in [0.29, 0.717) is 12.0 Å². The minimum Gasteiger partial charge on any atom is -0.507 e. The predicted octanol–water partition coefficient (Wildman–Crippen LogP) is 2.45. The average Bonchev–Trinajstić information content (AvgIpc) is 2.29. The number of aromatic hydroxyl groups is 1. The zero-order valence-corrected chi connectivity index (χ0v) is 8.55. The van der Waals surface area contributed by atoms with Crippen molar-refractivity contribution in [3.05, 3.63) is 48.0 Å². The van der Waals surface area contributed by atoms with Crippen LogP contribution < -0.4 is 5.73 Å². The van der Waals surface area contributed by atoms with Crippen LogP contribution in [0.4, 0.5) is 5.69 Å². The van der Waals surface area contributed by atoms with E-state index < -0.39 is 0 Å². The van der Waals surface area contributed by atoms with Gasteiger partial charge in [0.1, 0.15) is 5.75 Å². The third kappa shape index (κ3) is 1.88. The van der Waals surface area contributed by atoms with E-state index in [0.717, 1.165) is 11.1 Å². The molecule has 0 unspecified atom stereocenters. The number of benzene rings is 2. The van der Waals surface area contributed by atoms with Gasteiger partial charge in [-0.15, -0.1) is 0 Å². The number of carbonyl (C=O) groups excluding carboxylic acids is 1. The largest absolute Gasteiger partial charge is 0.507 e. The molecule has 0 fully saturated rings. The highest BCUT2D eigenvalue weighted by Crippen LogP contribution is 2.25. The van der Waals surface area contributed by atoms with Crippen LogP contribution >= 0.6 is 0 Å². The van der Waals surface area contributed by atoms with Crippen LogP contribution in [0, 0.1) is 0 Å². The summed E-state index contributed by atoms with van der Waals surface area (Å²) in [5, 5.41) is 9.38. The van der Waals surface area contributed by atoms with E-state index in [1.807, 2.05) is 18.2 Å². The van der Waals surface area contributed by atoms with Crippen LogP contribution in [-0.2, 0) is 0 Å². The lowest BCUT2D eigenvalue weighted by molar-refractivity contribution is 0.112. The molecule has 0 heterocycles. The molecule has 3 N–H and O–H groups in total. The van der Waals surface area contributed by atoms with Crippen LogP contribution in [0.15, 0.2) is 42.5 Å². The highest BCUT2D eigenvalue weighted by atomic mass is 16.3. The van der Waals surface area contributed by atoms with Crippen molar-refractivity contribution in [1.82, 2.24) is 0 Å².